The van der Waals surface area contributed by atoms with E-state index < -0.39 is 6.10 Å². The van der Waals surface area contributed by atoms with Gasteiger partial charge in [-0.3, -0.25) is 0 Å². The molecule has 0 aromatic heterocycles. The summed E-state index contributed by atoms with van der Waals surface area (Å²) in [6, 6.07) is 5.97. The fraction of sp³-hybridized carbons (Fsp3) is 0.538. The first-order chi connectivity index (χ1) is 7.95. The Balaban J connectivity index is 2.82. The van der Waals surface area contributed by atoms with Gasteiger partial charge in [0.25, 0.3) is 0 Å². The van der Waals surface area contributed by atoms with Crippen LogP contribution in [0.4, 0.5) is 5.69 Å². The second-order valence-electron chi connectivity index (χ2n) is 4.31. The largest absolute Gasteiger partial charge is 0.389 e. The number of aliphatic hydroxyl groups is 1. The van der Waals surface area contributed by atoms with E-state index in [-0.39, 0.29) is 6.10 Å². The smallest absolute Gasteiger partial charge is 0.0772 e. The summed E-state index contributed by atoms with van der Waals surface area (Å²) in [7, 11) is 3.74. The van der Waals surface area contributed by atoms with Crippen LogP contribution in [0.3, 0.4) is 0 Å². The molecule has 96 valence electrons. The highest BCUT2D eigenvalue weighted by atomic mass is 79.9. The van der Waals surface area contributed by atoms with Crippen molar-refractivity contribution in [3.8, 4) is 0 Å². The Hall–Kier alpha value is -0.580. The second-order valence-corrected chi connectivity index (χ2v) is 5.16. The van der Waals surface area contributed by atoms with Crippen LogP contribution in [0, 0.1) is 0 Å². The molecule has 0 saturated carbocycles. The number of nitrogens with zero attached hydrogens (tertiary/aromatic N) is 1. The predicted molar refractivity (Wildman–Crippen MR) is 74.5 cm³/mol. The number of anilines is 1. The van der Waals surface area contributed by atoms with Gasteiger partial charge in [0.15, 0.2) is 0 Å². The van der Waals surface area contributed by atoms with Gasteiger partial charge in [-0.2, -0.15) is 0 Å². The third kappa shape index (κ3) is 3.98. The van der Waals surface area contributed by atoms with E-state index in [4.69, 9.17) is 4.74 Å². The first-order valence-electron chi connectivity index (χ1n) is 5.67. The molecule has 1 rings (SSSR count). The number of methoxy groups -OCH3 is 1. The summed E-state index contributed by atoms with van der Waals surface area (Å²) in [6.07, 6.45) is -0.267. The van der Waals surface area contributed by atoms with Gasteiger partial charge in [0.05, 0.1) is 12.2 Å². The maximum absolute atomic E-state index is 9.55. The Bertz CT molecular complexity index is 368. The average Bonchev–Trinajstić information content (AvgIpc) is 2.28. The van der Waals surface area contributed by atoms with Crippen LogP contribution in [-0.2, 0) is 4.74 Å². The minimum Gasteiger partial charge on any atom is -0.389 e. The van der Waals surface area contributed by atoms with Crippen molar-refractivity contribution < 1.29 is 9.84 Å². The van der Waals surface area contributed by atoms with Gasteiger partial charge in [-0.05, 0) is 31.5 Å². The van der Waals surface area contributed by atoms with Crippen molar-refractivity contribution >= 4 is 21.6 Å². The first-order valence-corrected chi connectivity index (χ1v) is 6.46. The predicted octanol–water partition coefficient (Wildman–Crippen LogP) is 2.97. The van der Waals surface area contributed by atoms with Crippen LogP contribution in [-0.4, -0.2) is 31.9 Å². The minimum absolute atomic E-state index is 0.190. The molecule has 4 heteroatoms. The topological polar surface area (TPSA) is 32.7 Å². The molecule has 1 aromatic carbocycles. The standard InChI is InChI=1S/C13H20BrNO2/c1-9(17-4)8-15(3)11-5-6-12(10(2)16)13(14)7-11/h5-7,9-10,16H,8H2,1-4H3/t9?,10-/m1/s1. The van der Waals surface area contributed by atoms with Crippen molar-refractivity contribution in [2.75, 3.05) is 25.6 Å². The minimum atomic E-state index is -0.457. The highest BCUT2D eigenvalue weighted by molar-refractivity contribution is 9.10. The van der Waals surface area contributed by atoms with Crippen LogP contribution in [0.15, 0.2) is 22.7 Å². The Morgan fingerprint density at radius 3 is 2.53 bits per heavy atom. The number of hydrogen-bond acceptors (Lipinski definition) is 3. The van der Waals surface area contributed by atoms with Crippen molar-refractivity contribution in [2.24, 2.45) is 0 Å². The first kappa shape index (κ1) is 14.5. The van der Waals surface area contributed by atoms with Crippen LogP contribution in [0.25, 0.3) is 0 Å². The van der Waals surface area contributed by atoms with E-state index in [0.717, 1.165) is 22.3 Å². The Kier molecular flexibility index (Phi) is 5.43. The number of hydrogen-bond donors (Lipinski definition) is 1. The lowest BCUT2D eigenvalue weighted by Gasteiger charge is -2.23. The molecule has 0 aliphatic rings. The normalized spacial score (nSPS) is 14.5. The maximum atomic E-state index is 9.55. The summed E-state index contributed by atoms with van der Waals surface area (Å²) in [5, 5.41) is 9.55. The fourth-order valence-corrected chi connectivity index (χ4v) is 2.36. The van der Waals surface area contributed by atoms with Gasteiger partial charge < -0.3 is 14.7 Å². The lowest BCUT2D eigenvalue weighted by Crippen LogP contribution is -2.28. The number of benzene rings is 1. The van der Waals surface area contributed by atoms with Crippen LogP contribution >= 0.6 is 15.9 Å². The van der Waals surface area contributed by atoms with E-state index in [1.807, 2.05) is 32.2 Å². The van der Waals surface area contributed by atoms with E-state index in [1.165, 1.54) is 0 Å². The van der Waals surface area contributed by atoms with Gasteiger partial charge in [-0.25, -0.2) is 0 Å². The van der Waals surface area contributed by atoms with Gasteiger partial charge in [0, 0.05) is 30.9 Å². The molecule has 0 radical (unpaired) electrons. The van der Waals surface area contributed by atoms with Gasteiger partial charge in [-0.1, -0.05) is 22.0 Å². The Morgan fingerprint density at radius 1 is 1.41 bits per heavy atom. The van der Waals surface area contributed by atoms with E-state index in [9.17, 15) is 5.11 Å². The van der Waals surface area contributed by atoms with Crippen LogP contribution in [0.2, 0.25) is 0 Å². The molecule has 1 aromatic rings. The van der Waals surface area contributed by atoms with Crippen molar-refractivity contribution in [1.82, 2.24) is 0 Å². The second kappa shape index (κ2) is 6.38. The molecule has 3 nitrogen and oxygen atoms in total. The third-order valence-corrected chi connectivity index (χ3v) is 3.49. The van der Waals surface area contributed by atoms with Crippen LogP contribution < -0.4 is 4.90 Å². The van der Waals surface area contributed by atoms with Crippen molar-refractivity contribution in [3.63, 3.8) is 0 Å². The number of halogens is 1. The summed E-state index contributed by atoms with van der Waals surface area (Å²) in [6.45, 7) is 4.63. The van der Waals surface area contributed by atoms with E-state index in [0.29, 0.717) is 0 Å². The summed E-state index contributed by atoms with van der Waals surface area (Å²) in [4.78, 5) is 2.13. The SMILES string of the molecule is COC(C)CN(C)c1ccc([C@@H](C)O)c(Br)c1. The van der Waals surface area contributed by atoms with Crippen molar-refractivity contribution in [1.29, 1.82) is 0 Å². The highest BCUT2D eigenvalue weighted by Gasteiger charge is 2.10. The number of aliphatic hydroxyl groups excluding tert-OH is 1. The number of rotatable bonds is 5. The number of ether oxygens (including phenoxy) is 1. The molecule has 0 aliphatic carbocycles. The molecule has 0 spiro atoms. The van der Waals surface area contributed by atoms with Gasteiger partial charge in [0.2, 0.25) is 0 Å². The van der Waals surface area contributed by atoms with Crippen molar-refractivity contribution in [2.45, 2.75) is 26.1 Å². The molecule has 0 saturated heterocycles. The van der Waals surface area contributed by atoms with Crippen molar-refractivity contribution in [3.05, 3.63) is 28.2 Å². The molecule has 0 amide bonds. The molecule has 0 bridgehead atoms. The van der Waals surface area contributed by atoms with E-state index >= 15 is 0 Å². The lowest BCUT2D eigenvalue weighted by molar-refractivity contribution is 0.124. The average molecular weight is 302 g/mol. The van der Waals surface area contributed by atoms with Gasteiger partial charge in [0.1, 0.15) is 0 Å². The molecule has 2 atom stereocenters. The van der Waals surface area contributed by atoms with Crippen LogP contribution in [0.5, 0.6) is 0 Å². The number of likely N-dealkylation sites (N-methyl/N-ethyl adjacent to an activating group) is 1. The van der Waals surface area contributed by atoms with Gasteiger partial charge in [-0.15, -0.1) is 0 Å². The maximum Gasteiger partial charge on any atom is 0.0772 e. The van der Waals surface area contributed by atoms with E-state index in [1.54, 1.807) is 14.0 Å². The molecule has 1 unspecified atom stereocenters. The highest BCUT2D eigenvalue weighted by Crippen LogP contribution is 2.27. The zero-order chi connectivity index (χ0) is 13.0. The Labute approximate surface area is 112 Å². The molecule has 1 N–H and O–H groups in total. The molecule has 0 heterocycles. The van der Waals surface area contributed by atoms with E-state index in [2.05, 4.69) is 20.8 Å². The van der Waals surface area contributed by atoms with Gasteiger partial charge >= 0.3 is 0 Å². The monoisotopic (exact) mass is 301 g/mol. The lowest BCUT2D eigenvalue weighted by atomic mass is 10.1. The third-order valence-electron chi connectivity index (χ3n) is 2.81. The zero-order valence-corrected chi connectivity index (χ0v) is 12.4. The Morgan fingerprint density at radius 2 is 2.06 bits per heavy atom. The molecule has 0 fully saturated rings. The molecule has 0 aliphatic heterocycles. The fourth-order valence-electron chi connectivity index (χ4n) is 1.66. The summed E-state index contributed by atoms with van der Waals surface area (Å²) >= 11 is 3.48. The quantitative estimate of drug-likeness (QED) is 0.907. The molecular formula is C13H20BrNO2. The molecular weight excluding hydrogens is 282 g/mol. The summed E-state index contributed by atoms with van der Waals surface area (Å²) in [5.74, 6) is 0. The zero-order valence-electron chi connectivity index (χ0n) is 10.8. The summed E-state index contributed by atoms with van der Waals surface area (Å²) < 4.78 is 6.17. The summed E-state index contributed by atoms with van der Waals surface area (Å²) in [5.41, 5.74) is 2.01. The molecule has 17 heavy (non-hydrogen) atoms. The van der Waals surface area contributed by atoms with Crippen LogP contribution in [0.1, 0.15) is 25.5 Å².